The van der Waals surface area contributed by atoms with Crippen LogP contribution in [0.3, 0.4) is 0 Å². The fourth-order valence-corrected chi connectivity index (χ4v) is 2.28. The first-order valence-corrected chi connectivity index (χ1v) is 6.52. The molecular formula is C13H14F3N3O2. The molecule has 2 N–H and O–H groups in total. The minimum Gasteiger partial charge on any atom is -0.454 e. The van der Waals surface area contributed by atoms with Gasteiger partial charge in [0, 0.05) is 24.7 Å². The Bertz CT molecular complexity index is 681. The number of nitrogens with zero attached hydrogens (tertiary/aromatic N) is 2. The first-order valence-electron chi connectivity index (χ1n) is 6.52. The number of hydrogen-bond acceptors (Lipinski definition) is 4. The molecule has 0 amide bonds. The van der Waals surface area contributed by atoms with E-state index in [0.29, 0.717) is 23.4 Å². The fraction of sp³-hybridized carbons (Fsp3) is 0.462. The van der Waals surface area contributed by atoms with Crippen LogP contribution in [0.2, 0.25) is 0 Å². The van der Waals surface area contributed by atoms with Gasteiger partial charge in [-0.1, -0.05) is 6.92 Å². The first kappa shape index (κ1) is 14.0. The van der Waals surface area contributed by atoms with Gasteiger partial charge in [0.2, 0.25) is 12.6 Å². The molecule has 1 atom stereocenters. The van der Waals surface area contributed by atoms with Crippen LogP contribution in [-0.4, -0.2) is 22.4 Å². The topological polar surface area (TPSA) is 62.3 Å². The highest BCUT2D eigenvalue weighted by Gasteiger charge is 2.38. The van der Waals surface area contributed by atoms with Gasteiger partial charge >= 0.3 is 6.18 Å². The van der Waals surface area contributed by atoms with Crippen molar-refractivity contribution in [3.05, 3.63) is 18.0 Å². The summed E-state index contributed by atoms with van der Waals surface area (Å²) in [6.07, 6.45) is -3.97. The SMILES string of the molecule is CCC(N)Cn1c(C(F)(F)F)nc2cc3c(cc21)OCO3. The summed E-state index contributed by atoms with van der Waals surface area (Å²) in [5, 5.41) is 0. The summed E-state index contributed by atoms with van der Waals surface area (Å²) in [4.78, 5) is 3.70. The molecule has 2 aromatic rings. The van der Waals surface area contributed by atoms with Crippen molar-refractivity contribution in [2.75, 3.05) is 6.79 Å². The van der Waals surface area contributed by atoms with E-state index in [9.17, 15) is 13.2 Å². The van der Waals surface area contributed by atoms with Crippen LogP contribution in [-0.2, 0) is 12.7 Å². The summed E-state index contributed by atoms with van der Waals surface area (Å²) < 4.78 is 50.9. The number of fused-ring (bicyclic) bond motifs is 2. The quantitative estimate of drug-likeness (QED) is 0.946. The van der Waals surface area contributed by atoms with Crippen molar-refractivity contribution < 1.29 is 22.6 Å². The third-order valence-electron chi connectivity index (χ3n) is 3.44. The molecule has 0 radical (unpaired) electrons. The molecule has 1 aliphatic heterocycles. The van der Waals surface area contributed by atoms with Gasteiger partial charge in [-0.3, -0.25) is 0 Å². The molecular weight excluding hydrogens is 287 g/mol. The van der Waals surface area contributed by atoms with Gasteiger partial charge in [-0.15, -0.1) is 0 Å². The van der Waals surface area contributed by atoms with Gasteiger partial charge in [-0.2, -0.15) is 13.2 Å². The van der Waals surface area contributed by atoms with Crippen LogP contribution in [0.25, 0.3) is 11.0 Å². The monoisotopic (exact) mass is 301 g/mol. The van der Waals surface area contributed by atoms with E-state index >= 15 is 0 Å². The van der Waals surface area contributed by atoms with Gasteiger partial charge < -0.3 is 19.8 Å². The van der Waals surface area contributed by atoms with E-state index in [1.165, 1.54) is 12.1 Å². The summed E-state index contributed by atoms with van der Waals surface area (Å²) >= 11 is 0. The number of alkyl halides is 3. The van der Waals surface area contributed by atoms with Crippen LogP contribution in [0.1, 0.15) is 19.2 Å². The number of aromatic nitrogens is 2. The molecule has 1 unspecified atom stereocenters. The predicted molar refractivity (Wildman–Crippen MR) is 69.1 cm³/mol. The largest absolute Gasteiger partial charge is 0.454 e. The zero-order chi connectivity index (χ0) is 15.2. The average Bonchev–Trinajstić information content (AvgIpc) is 3.00. The standard InChI is InChI=1S/C13H14F3N3O2/c1-2-7(17)5-19-9-4-11-10(20-6-21-11)3-8(9)18-12(19)13(14,15)16/h3-4,7H,2,5-6,17H2,1H3. The highest BCUT2D eigenvalue weighted by Crippen LogP contribution is 2.38. The maximum atomic E-state index is 13.2. The van der Waals surface area contributed by atoms with E-state index in [1.54, 1.807) is 0 Å². The minimum absolute atomic E-state index is 0.0431. The smallest absolute Gasteiger partial charge is 0.449 e. The maximum Gasteiger partial charge on any atom is 0.449 e. The lowest BCUT2D eigenvalue weighted by molar-refractivity contribution is -0.147. The molecule has 0 aliphatic carbocycles. The van der Waals surface area contributed by atoms with Gasteiger partial charge in [-0.05, 0) is 6.42 Å². The summed E-state index contributed by atoms with van der Waals surface area (Å²) in [5.74, 6) is -0.131. The lowest BCUT2D eigenvalue weighted by Gasteiger charge is -2.15. The third-order valence-corrected chi connectivity index (χ3v) is 3.44. The molecule has 2 heterocycles. The number of halogens is 3. The molecule has 0 spiro atoms. The molecule has 5 nitrogen and oxygen atoms in total. The molecule has 0 fully saturated rings. The molecule has 21 heavy (non-hydrogen) atoms. The van der Waals surface area contributed by atoms with Gasteiger partial charge in [0.05, 0.1) is 11.0 Å². The molecule has 0 saturated carbocycles. The Labute approximate surface area is 118 Å². The fourth-order valence-electron chi connectivity index (χ4n) is 2.28. The maximum absolute atomic E-state index is 13.2. The van der Waals surface area contributed by atoms with Gasteiger partial charge in [0.1, 0.15) is 0 Å². The molecule has 1 aliphatic rings. The Morgan fingerprint density at radius 3 is 2.62 bits per heavy atom. The summed E-state index contributed by atoms with van der Waals surface area (Å²) in [7, 11) is 0. The Morgan fingerprint density at radius 2 is 2.00 bits per heavy atom. The van der Waals surface area contributed by atoms with Crippen LogP contribution >= 0.6 is 0 Å². The van der Waals surface area contributed by atoms with Crippen molar-refractivity contribution >= 4 is 11.0 Å². The number of hydrogen-bond donors (Lipinski definition) is 1. The predicted octanol–water partition coefficient (Wildman–Crippen LogP) is 2.52. The summed E-state index contributed by atoms with van der Waals surface area (Å²) in [6, 6.07) is 2.59. The van der Waals surface area contributed by atoms with Crippen molar-refractivity contribution in [2.45, 2.75) is 32.1 Å². The van der Waals surface area contributed by atoms with E-state index in [-0.39, 0.29) is 24.9 Å². The van der Waals surface area contributed by atoms with E-state index in [0.717, 1.165) is 4.57 Å². The van der Waals surface area contributed by atoms with Crippen molar-refractivity contribution in [1.29, 1.82) is 0 Å². The Hall–Kier alpha value is -1.96. The zero-order valence-corrected chi connectivity index (χ0v) is 11.3. The number of nitrogens with two attached hydrogens (primary N) is 1. The molecule has 8 heteroatoms. The molecule has 3 rings (SSSR count). The second-order valence-electron chi connectivity index (χ2n) is 4.91. The third kappa shape index (κ3) is 2.39. The second-order valence-corrected chi connectivity index (χ2v) is 4.91. The molecule has 0 saturated heterocycles. The van der Waals surface area contributed by atoms with Gasteiger partial charge in [0.15, 0.2) is 11.5 Å². The lowest BCUT2D eigenvalue weighted by Crippen LogP contribution is -2.27. The number of imidazole rings is 1. The van der Waals surface area contributed by atoms with E-state index in [2.05, 4.69) is 4.98 Å². The highest BCUT2D eigenvalue weighted by molar-refractivity contribution is 5.81. The van der Waals surface area contributed by atoms with E-state index in [1.807, 2.05) is 6.92 Å². The van der Waals surface area contributed by atoms with Crippen LogP contribution in [0.4, 0.5) is 13.2 Å². The number of rotatable bonds is 3. The van der Waals surface area contributed by atoms with Crippen molar-refractivity contribution in [1.82, 2.24) is 9.55 Å². The van der Waals surface area contributed by atoms with Gasteiger partial charge in [-0.25, -0.2) is 4.98 Å². The van der Waals surface area contributed by atoms with Gasteiger partial charge in [0.25, 0.3) is 0 Å². The average molecular weight is 301 g/mol. The van der Waals surface area contributed by atoms with Crippen LogP contribution in [0.5, 0.6) is 11.5 Å². The van der Waals surface area contributed by atoms with Crippen molar-refractivity contribution in [2.24, 2.45) is 5.73 Å². The Morgan fingerprint density at radius 1 is 1.33 bits per heavy atom. The molecule has 0 bridgehead atoms. The summed E-state index contributed by atoms with van der Waals surface area (Å²) in [6.45, 7) is 1.93. The first-order chi connectivity index (χ1) is 9.90. The molecule has 1 aromatic carbocycles. The minimum atomic E-state index is -4.54. The van der Waals surface area contributed by atoms with Crippen LogP contribution < -0.4 is 15.2 Å². The Kier molecular flexibility index (Phi) is 3.20. The Balaban J connectivity index is 2.19. The summed E-state index contributed by atoms with van der Waals surface area (Å²) in [5.41, 5.74) is 6.37. The molecule has 114 valence electrons. The van der Waals surface area contributed by atoms with E-state index < -0.39 is 12.0 Å². The van der Waals surface area contributed by atoms with Crippen LogP contribution in [0, 0.1) is 0 Å². The van der Waals surface area contributed by atoms with Crippen molar-refractivity contribution in [3.8, 4) is 11.5 Å². The van der Waals surface area contributed by atoms with Crippen LogP contribution in [0.15, 0.2) is 12.1 Å². The second kappa shape index (κ2) is 4.80. The highest BCUT2D eigenvalue weighted by atomic mass is 19.4. The van der Waals surface area contributed by atoms with Crippen molar-refractivity contribution in [3.63, 3.8) is 0 Å². The van der Waals surface area contributed by atoms with E-state index in [4.69, 9.17) is 15.2 Å². The lowest BCUT2D eigenvalue weighted by atomic mass is 10.2. The molecule has 1 aromatic heterocycles. The number of benzene rings is 1. The normalized spacial score (nSPS) is 15.7. The number of ether oxygens (including phenoxy) is 2. The zero-order valence-electron chi connectivity index (χ0n) is 11.3.